The molecule has 6 heteroatoms. The van der Waals surface area contributed by atoms with Crippen LogP contribution in [0.2, 0.25) is 5.02 Å². The van der Waals surface area contributed by atoms with Crippen LogP contribution < -0.4 is 5.32 Å². The number of benzene rings is 2. The third-order valence-corrected chi connectivity index (χ3v) is 2.67. The first kappa shape index (κ1) is 13.2. The number of anilines is 2. The molecular weight excluding hydrogens is 277 g/mol. The van der Waals surface area contributed by atoms with Crippen LogP contribution in [0.3, 0.4) is 0 Å². The molecule has 0 radical (unpaired) electrons. The van der Waals surface area contributed by atoms with E-state index < -0.39 is 23.1 Å². The van der Waals surface area contributed by atoms with Crippen LogP contribution in [0.4, 0.5) is 24.5 Å². The molecule has 0 unspecified atom stereocenters. The summed E-state index contributed by atoms with van der Waals surface area (Å²) in [6, 6.07) is 7.06. The maximum absolute atomic E-state index is 13.6. The number of halogens is 4. The highest BCUT2D eigenvalue weighted by molar-refractivity contribution is 6.30. The van der Waals surface area contributed by atoms with Crippen molar-refractivity contribution in [3.8, 4) is 6.07 Å². The second-order valence-corrected chi connectivity index (χ2v) is 4.09. The van der Waals surface area contributed by atoms with Crippen LogP contribution in [0.25, 0.3) is 0 Å². The average molecular weight is 283 g/mol. The third-order valence-electron chi connectivity index (χ3n) is 2.36. The monoisotopic (exact) mass is 282 g/mol. The molecule has 0 aromatic heterocycles. The van der Waals surface area contributed by atoms with E-state index in [9.17, 15) is 13.2 Å². The molecule has 0 aliphatic rings. The molecule has 19 heavy (non-hydrogen) atoms. The summed E-state index contributed by atoms with van der Waals surface area (Å²) in [5.41, 5.74) is -0.451. The lowest BCUT2D eigenvalue weighted by Crippen LogP contribution is -1.99. The number of nitriles is 1. The van der Waals surface area contributed by atoms with E-state index in [0.717, 1.165) is 18.2 Å². The van der Waals surface area contributed by atoms with Gasteiger partial charge < -0.3 is 5.32 Å². The summed E-state index contributed by atoms with van der Waals surface area (Å²) in [5.74, 6) is -2.58. The highest BCUT2D eigenvalue weighted by atomic mass is 35.5. The fourth-order valence-corrected chi connectivity index (χ4v) is 1.59. The fraction of sp³-hybridized carbons (Fsp3) is 0. The second-order valence-electron chi connectivity index (χ2n) is 3.68. The van der Waals surface area contributed by atoms with Gasteiger partial charge in [0.2, 0.25) is 0 Å². The summed E-state index contributed by atoms with van der Waals surface area (Å²) in [4.78, 5) is 0. The van der Waals surface area contributed by atoms with Crippen molar-refractivity contribution >= 4 is 23.0 Å². The lowest BCUT2D eigenvalue weighted by Gasteiger charge is -2.09. The van der Waals surface area contributed by atoms with Gasteiger partial charge in [0.1, 0.15) is 11.5 Å². The van der Waals surface area contributed by atoms with Crippen molar-refractivity contribution in [3.63, 3.8) is 0 Å². The Morgan fingerprint density at radius 1 is 1.00 bits per heavy atom. The first-order chi connectivity index (χ1) is 9.01. The average Bonchev–Trinajstić information content (AvgIpc) is 2.37. The van der Waals surface area contributed by atoms with E-state index in [-0.39, 0.29) is 16.3 Å². The largest absolute Gasteiger partial charge is 0.351 e. The minimum atomic E-state index is -0.938. The highest BCUT2D eigenvalue weighted by Gasteiger charge is 2.12. The third kappa shape index (κ3) is 2.80. The standard InChI is InChI=1S/C13H6ClF3N2/c14-9-2-1-8(5-10(9)15)19-13-11(16)3-7(6-18)4-12(13)17/h1-5,19H. The van der Waals surface area contributed by atoms with Gasteiger partial charge >= 0.3 is 0 Å². The normalized spacial score (nSPS) is 10.1. The number of nitrogens with zero attached hydrogens (tertiary/aromatic N) is 1. The van der Waals surface area contributed by atoms with E-state index in [1.165, 1.54) is 12.1 Å². The number of rotatable bonds is 2. The van der Waals surface area contributed by atoms with Gasteiger partial charge in [-0.1, -0.05) is 11.6 Å². The van der Waals surface area contributed by atoms with E-state index in [2.05, 4.69) is 5.32 Å². The Morgan fingerprint density at radius 2 is 1.63 bits per heavy atom. The maximum atomic E-state index is 13.6. The van der Waals surface area contributed by atoms with Gasteiger partial charge in [0.15, 0.2) is 11.6 Å². The molecule has 0 saturated heterocycles. The summed E-state index contributed by atoms with van der Waals surface area (Å²) < 4.78 is 40.4. The Labute approximate surface area is 112 Å². The van der Waals surface area contributed by atoms with Gasteiger partial charge in [0.05, 0.1) is 16.7 Å². The van der Waals surface area contributed by atoms with E-state index in [1.54, 1.807) is 6.07 Å². The van der Waals surface area contributed by atoms with Crippen molar-refractivity contribution in [2.24, 2.45) is 0 Å². The van der Waals surface area contributed by atoms with Crippen molar-refractivity contribution in [3.05, 3.63) is 58.4 Å². The van der Waals surface area contributed by atoms with E-state index in [1.807, 2.05) is 0 Å². The molecule has 2 aromatic rings. The molecule has 0 saturated carbocycles. The molecule has 2 nitrogen and oxygen atoms in total. The van der Waals surface area contributed by atoms with Gasteiger partial charge in [0.25, 0.3) is 0 Å². The quantitative estimate of drug-likeness (QED) is 0.887. The minimum absolute atomic E-state index is 0.0914. The van der Waals surface area contributed by atoms with Crippen molar-refractivity contribution in [2.45, 2.75) is 0 Å². The summed E-state index contributed by atoms with van der Waals surface area (Å²) in [5, 5.41) is 10.9. The van der Waals surface area contributed by atoms with Gasteiger partial charge in [0, 0.05) is 5.69 Å². The Kier molecular flexibility index (Phi) is 3.63. The lowest BCUT2D eigenvalue weighted by molar-refractivity contribution is 0.589. The number of hydrogen-bond acceptors (Lipinski definition) is 2. The number of nitrogens with one attached hydrogen (secondary N) is 1. The van der Waals surface area contributed by atoms with E-state index in [4.69, 9.17) is 16.9 Å². The molecular formula is C13H6ClF3N2. The van der Waals surface area contributed by atoms with Gasteiger partial charge in [-0.15, -0.1) is 0 Å². The van der Waals surface area contributed by atoms with Crippen LogP contribution in [0.15, 0.2) is 30.3 Å². The van der Waals surface area contributed by atoms with Crippen LogP contribution in [-0.4, -0.2) is 0 Å². The topological polar surface area (TPSA) is 35.8 Å². The molecule has 0 aliphatic heterocycles. The highest BCUT2D eigenvalue weighted by Crippen LogP contribution is 2.26. The molecule has 0 fully saturated rings. The Bertz CT molecular complexity index is 657. The summed E-state index contributed by atoms with van der Waals surface area (Å²) >= 11 is 5.50. The smallest absolute Gasteiger partial charge is 0.150 e. The van der Waals surface area contributed by atoms with E-state index in [0.29, 0.717) is 0 Å². The summed E-state index contributed by atoms with van der Waals surface area (Å²) in [6.45, 7) is 0. The molecule has 0 amide bonds. The Hall–Kier alpha value is -2.19. The van der Waals surface area contributed by atoms with Crippen LogP contribution in [-0.2, 0) is 0 Å². The molecule has 0 atom stereocenters. The predicted molar refractivity (Wildman–Crippen MR) is 65.8 cm³/mol. The molecule has 1 N–H and O–H groups in total. The molecule has 2 aromatic carbocycles. The molecule has 96 valence electrons. The van der Waals surface area contributed by atoms with Crippen molar-refractivity contribution < 1.29 is 13.2 Å². The number of hydrogen-bond donors (Lipinski definition) is 1. The molecule has 0 aliphatic carbocycles. The fourth-order valence-electron chi connectivity index (χ4n) is 1.48. The Morgan fingerprint density at radius 3 is 2.16 bits per heavy atom. The molecule has 0 spiro atoms. The minimum Gasteiger partial charge on any atom is -0.351 e. The van der Waals surface area contributed by atoms with Crippen LogP contribution in [0.1, 0.15) is 5.56 Å². The zero-order valence-electron chi connectivity index (χ0n) is 9.35. The second kappa shape index (κ2) is 5.21. The zero-order valence-corrected chi connectivity index (χ0v) is 10.1. The van der Waals surface area contributed by atoms with Crippen LogP contribution in [0.5, 0.6) is 0 Å². The van der Waals surface area contributed by atoms with Crippen molar-refractivity contribution in [1.82, 2.24) is 0 Å². The SMILES string of the molecule is N#Cc1cc(F)c(Nc2ccc(Cl)c(F)c2)c(F)c1. The lowest BCUT2D eigenvalue weighted by atomic mass is 10.2. The maximum Gasteiger partial charge on any atom is 0.150 e. The van der Waals surface area contributed by atoms with E-state index >= 15 is 0 Å². The molecule has 0 heterocycles. The van der Waals surface area contributed by atoms with Crippen LogP contribution >= 0.6 is 11.6 Å². The summed E-state index contributed by atoms with van der Waals surface area (Å²) in [7, 11) is 0. The van der Waals surface area contributed by atoms with Gasteiger partial charge in [-0.05, 0) is 30.3 Å². The first-order valence-electron chi connectivity index (χ1n) is 5.12. The van der Waals surface area contributed by atoms with Gasteiger partial charge in [-0.2, -0.15) is 5.26 Å². The van der Waals surface area contributed by atoms with Crippen molar-refractivity contribution in [1.29, 1.82) is 5.26 Å². The summed E-state index contributed by atoms with van der Waals surface area (Å²) in [6.07, 6.45) is 0. The van der Waals surface area contributed by atoms with Crippen LogP contribution in [0, 0.1) is 28.8 Å². The Balaban J connectivity index is 2.38. The predicted octanol–water partition coefficient (Wildman–Crippen LogP) is 4.37. The molecule has 2 rings (SSSR count). The van der Waals surface area contributed by atoms with Gasteiger partial charge in [-0.25, -0.2) is 13.2 Å². The first-order valence-corrected chi connectivity index (χ1v) is 5.50. The molecule has 0 bridgehead atoms. The van der Waals surface area contributed by atoms with Crippen molar-refractivity contribution in [2.75, 3.05) is 5.32 Å². The van der Waals surface area contributed by atoms with Gasteiger partial charge in [-0.3, -0.25) is 0 Å². The zero-order chi connectivity index (χ0) is 14.0.